The van der Waals surface area contributed by atoms with Gasteiger partial charge in [0, 0.05) is 6.61 Å². The van der Waals surface area contributed by atoms with Crippen LogP contribution in [0.25, 0.3) is 0 Å². The Morgan fingerprint density at radius 2 is 1.91 bits per heavy atom. The molecule has 1 aliphatic heterocycles. The van der Waals surface area contributed by atoms with Gasteiger partial charge in [-0.05, 0) is 31.6 Å². The van der Waals surface area contributed by atoms with Crippen LogP contribution in [0, 0.1) is 5.92 Å². The van der Waals surface area contributed by atoms with Gasteiger partial charge in [-0.1, -0.05) is 6.42 Å². The molecule has 0 radical (unpaired) electrons. The number of fused-ring (bicyclic) bond motifs is 1. The first kappa shape index (κ1) is 7.56. The molecule has 2 rings (SSSR count). The van der Waals surface area contributed by atoms with Gasteiger partial charge in [-0.2, -0.15) is 0 Å². The smallest absolute Gasteiger partial charge is 0.0861 e. The number of hydrogen-bond donors (Lipinski definition) is 1. The van der Waals surface area contributed by atoms with Crippen LogP contribution in [-0.4, -0.2) is 23.9 Å². The van der Waals surface area contributed by atoms with Gasteiger partial charge in [-0.25, -0.2) is 0 Å². The van der Waals surface area contributed by atoms with Gasteiger partial charge in [0.05, 0.1) is 12.2 Å². The first-order valence-corrected chi connectivity index (χ1v) is 4.67. The average molecular weight is 156 g/mol. The third-order valence-corrected chi connectivity index (χ3v) is 2.95. The van der Waals surface area contributed by atoms with Crippen LogP contribution in [0.15, 0.2) is 0 Å². The van der Waals surface area contributed by atoms with Crippen LogP contribution in [0.1, 0.15) is 32.1 Å². The zero-order valence-electron chi connectivity index (χ0n) is 6.83. The molecule has 1 aliphatic carbocycles. The van der Waals surface area contributed by atoms with Gasteiger partial charge in [0.15, 0.2) is 0 Å². The topological polar surface area (TPSA) is 29.5 Å². The zero-order valence-corrected chi connectivity index (χ0v) is 6.83. The minimum Gasteiger partial charge on any atom is -0.390 e. The second-order valence-electron chi connectivity index (χ2n) is 3.74. The van der Waals surface area contributed by atoms with Crippen molar-refractivity contribution in [3.05, 3.63) is 0 Å². The minimum atomic E-state index is -0.172. The number of aliphatic hydroxyl groups is 1. The predicted octanol–water partition coefficient (Wildman–Crippen LogP) is 1.33. The van der Waals surface area contributed by atoms with Crippen molar-refractivity contribution in [1.82, 2.24) is 0 Å². The lowest BCUT2D eigenvalue weighted by molar-refractivity contribution is -0.114. The van der Waals surface area contributed by atoms with E-state index in [2.05, 4.69) is 0 Å². The molecule has 0 bridgehead atoms. The van der Waals surface area contributed by atoms with E-state index in [-0.39, 0.29) is 12.2 Å². The van der Waals surface area contributed by atoms with Crippen molar-refractivity contribution in [2.75, 3.05) is 6.61 Å². The molecule has 1 saturated heterocycles. The van der Waals surface area contributed by atoms with Gasteiger partial charge in [-0.15, -0.1) is 0 Å². The molecule has 0 aromatic rings. The summed E-state index contributed by atoms with van der Waals surface area (Å²) >= 11 is 0. The lowest BCUT2D eigenvalue weighted by atomic mass is 9.80. The van der Waals surface area contributed by atoms with Crippen molar-refractivity contribution in [1.29, 1.82) is 0 Å². The second-order valence-corrected chi connectivity index (χ2v) is 3.74. The summed E-state index contributed by atoms with van der Waals surface area (Å²) in [5.41, 5.74) is 0. The molecule has 0 amide bonds. The van der Waals surface area contributed by atoms with E-state index in [9.17, 15) is 5.11 Å². The van der Waals surface area contributed by atoms with Crippen molar-refractivity contribution in [3.8, 4) is 0 Å². The molecule has 2 heteroatoms. The van der Waals surface area contributed by atoms with Crippen molar-refractivity contribution >= 4 is 0 Å². The van der Waals surface area contributed by atoms with Crippen LogP contribution in [0.3, 0.4) is 0 Å². The quantitative estimate of drug-likeness (QED) is 0.573. The van der Waals surface area contributed by atoms with Crippen molar-refractivity contribution in [2.45, 2.75) is 44.3 Å². The SMILES string of the molecule is O[C@H]1CCC[C@@H]2CCCO[C@@H]21. The number of rotatable bonds is 0. The summed E-state index contributed by atoms with van der Waals surface area (Å²) in [6.45, 7) is 0.859. The third kappa shape index (κ3) is 1.42. The summed E-state index contributed by atoms with van der Waals surface area (Å²) in [5, 5.41) is 9.58. The summed E-state index contributed by atoms with van der Waals surface area (Å²) in [6, 6.07) is 0. The zero-order chi connectivity index (χ0) is 7.68. The molecule has 1 N–H and O–H groups in total. The Morgan fingerprint density at radius 3 is 2.73 bits per heavy atom. The summed E-state index contributed by atoms with van der Waals surface area (Å²) in [6.07, 6.45) is 5.86. The molecular weight excluding hydrogens is 140 g/mol. The summed E-state index contributed by atoms with van der Waals surface area (Å²) in [7, 11) is 0. The molecule has 0 unspecified atom stereocenters. The van der Waals surface area contributed by atoms with Crippen LogP contribution in [0.5, 0.6) is 0 Å². The fourth-order valence-corrected chi connectivity index (χ4v) is 2.35. The Morgan fingerprint density at radius 1 is 1.09 bits per heavy atom. The standard InChI is InChI=1S/C9H16O2/c10-8-5-1-3-7-4-2-6-11-9(7)8/h7-10H,1-6H2/t7-,8+,9+/m1/s1. The minimum absolute atomic E-state index is 0.172. The van der Waals surface area contributed by atoms with Crippen LogP contribution >= 0.6 is 0 Å². The monoisotopic (exact) mass is 156 g/mol. The molecule has 0 aromatic carbocycles. The number of ether oxygens (including phenoxy) is 1. The third-order valence-electron chi connectivity index (χ3n) is 2.95. The van der Waals surface area contributed by atoms with Crippen molar-refractivity contribution in [2.24, 2.45) is 5.92 Å². The number of aliphatic hydroxyl groups excluding tert-OH is 1. The van der Waals surface area contributed by atoms with Gasteiger partial charge in [0.25, 0.3) is 0 Å². The molecule has 0 aromatic heterocycles. The van der Waals surface area contributed by atoms with Gasteiger partial charge in [0.2, 0.25) is 0 Å². The molecule has 11 heavy (non-hydrogen) atoms. The van der Waals surface area contributed by atoms with Crippen molar-refractivity contribution in [3.63, 3.8) is 0 Å². The molecule has 3 atom stereocenters. The van der Waals surface area contributed by atoms with E-state index in [1.165, 1.54) is 25.7 Å². The van der Waals surface area contributed by atoms with Gasteiger partial charge >= 0.3 is 0 Å². The molecule has 2 nitrogen and oxygen atoms in total. The maximum absolute atomic E-state index is 9.58. The van der Waals surface area contributed by atoms with Crippen LogP contribution < -0.4 is 0 Å². The lowest BCUT2D eigenvalue weighted by Crippen LogP contribution is -2.42. The van der Waals surface area contributed by atoms with Gasteiger partial charge in [-0.3, -0.25) is 0 Å². The Balaban J connectivity index is 1.99. The fraction of sp³-hybridized carbons (Fsp3) is 1.00. The fourth-order valence-electron chi connectivity index (χ4n) is 2.35. The Hall–Kier alpha value is -0.0800. The maximum Gasteiger partial charge on any atom is 0.0861 e. The molecule has 2 aliphatic rings. The first-order chi connectivity index (χ1) is 5.38. The molecule has 64 valence electrons. The molecule has 0 spiro atoms. The normalized spacial score (nSPS) is 45.0. The van der Waals surface area contributed by atoms with E-state index in [0.717, 1.165) is 13.0 Å². The van der Waals surface area contributed by atoms with E-state index >= 15 is 0 Å². The maximum atomic E-state index is 9.58. The summed E-state index contributed by atoms with van der Waals surface area (Å²) in [5.74, 6) is 0.660. The molecule has 1 heterocycles. The predicted molar refractivity (Wildman–Crippen MR) is 42.3 cm³/mol. The Kier molecular flexibility index (Phi) is 2.14. The van der Waals surface area contributed by atoms with Crippen molar-refractivity contribution < 1.29 is 9.84 Å². The summed E-state index contributed by atoms with van der Waals surface area (Å²) < 4.78 is 5.54. The molecule has 2 fully saturated rings. The van der Waals surface area contributed by atoms with Crippen LogP contribution in [-0.2, 0) is 4.74 Å². The highest BCUT2D eigenvalue weighted by atomic mass is 16.5. The van der Waals surface area contributed by atoms with Crippen LogP contribution in [0.2, 0.25) is 0 Å². The highest BCUT2D eigenvalue weighted by Crippen LogP contribution is 2.33. The highest BCUT2D eigenvalue weighted by Gasteiger charge is 2.34. The number of hydrogen-bond acceptors (Lipinski definition) is 2. The van der Waals surface area contributed by atoms with E-state index in [4.69, 9.17) is 4.74 Å². The Bertz CT molecular complexity index is 134. The van der Waals surface area contributed by atoms with Gasteiger partial charge < -0.3 is 9.84 Å². The van der Waals surface area contributed by atoms with Gasteiger partial charge in [0.1, 0.15) is 0 Å². The highest BCUT2D eigenvalue weighted by molar-refractivity contribution is 4.84. The Labute approximate surface area is 67.6 Å². The van der Waals surface area contributed by atoms with E-state index in [1.807, 2.05) is 0 Å². The average Bonchev–Trinajstić information content (AvgIpc) is 2.06. The first-order valence-electron chi connectivity index (χ1n) is 4.67. The van der Waals surface area contributed by atoms with E-state index < -0.39 is 0 Å². The second kappa shape index (κ2) is 3.11. The summed E-state index contributed by atoms with van der Waals surface area (Å²) in [4.78, 5) is 0. The largest absolute Gasteiger partial charge is 0.390 e. The lowest BCUT2D eigenvalue weighted by Gasteiger charge is -2.38. The van der Waals surface area contributed by atoms with E-state index in [0.29, 0.717) is 5.92 Å². The van der Waals surface area contributed by atoms with Crippen LogP contribution in [0.4, 0.5) is 0 Å². The molecule has 1 saturated carbocycles. The molecular formula is C9H16O2. The van der Waals surface area contributed by atoms with E-state index in [1.54, 1.807) is 0 Å².